The van der Waals surface area contributed by atoms with Gasteiger partial charge in [-0.3, -0.25) is 14.5 Å². The molecule has 6 nitrogen and oxygen atoms in total. The van der Waals surface area contributed by atoms with Crippen molar-refractivity contribution >= 4 is 28.3 Å². The number of rotatable bonds is 6. The molecule has 0 saturated carbocycles. The maximum absolute atomic E-state index is 12.7. The number of hydrogen-bond donors (Lipinski definition) is 1. The highest BCUT2D eigenvalue weighted by atomic mass is 32.1. The van der Waals surface area contributed by atoms with Crippen molar-refractivity contribution < 1.29 is 9.59 Å². The van der Waals surface area contributed by atoms with Crippen LogP contribution in [0.2, 0.25) is 0 Å². The van der Waals surface area contributed by atoms with E-state index >= 15 is 0 Å². The Morgan fingerprint density at radius 3 is 3.09 bits per heavy atom. The van der Waals surface area contributed by atoms with E-state index in [4.69, 9.17) is 0 Å². The van der Waals surface area contributed by atoms with Gasteiger partial charge in [-0.15, -0.1) is 11.3 Å². The lowest BCUT2D eigenvalue weighted by Crippen LogP contribution is -2.42. The van der Waals surface area contributed by atoms with Gasteiger partial charge < -0.3 is 10.2 Å². The SMILES string of the molecule is CCCN(C(=O)Cc1csc(N2CCCC2=O)n1)C1CCNC1. The summed E-state index contributed by atoms with van der Waals surface area (Å²) in [5.41, 5.74) is 0.779. The average molecular weight is 336 g/mol. The van der Waals surface area contributed by atoms with E-state index in [1.807, 2.05) is 10.3 Å². The van der Waals surface area contributed by atoms with E-state index in [1.165, 1.54) is 11.3 Å². The lowest BCUT2D eigenvalue weighted by atomic mass is 10.2. The highest BCUT2D eigenvalue weighted by Crippen LogP contribution is 2.25. The van der Waals surface area contributed by atoms with E-state index in [1.54, 1.807) is 4.90 Å². The first-order chi connectivity index (χ1) is 11.2. The maximum atomic E-state index is 12.7. The summed E-state index contributed by atoms with van der Waals surface area (Å²) in [4.78, 5) is 32.7. The second-order valence-corrected chi connectivity index (χ2v) is 7.02. The Morgan fingerprint density at radius 2 is 2.43 bits per heavy atom. The van der Waals surface area contributed by atoms with Gasteiger partial charge in [-0.2, -0.15) is 0 Å². The van der Waals surface area contributed by atoms with Gasteiger partial charge in [0.1, 0.15) is 0 Å². The summed E-state index contributed by atoms with van der Waals surface area (Å²) >= 11 is 1.46. The van der Waals surface area contributed by atoms with Gasteiger partial charge in [0, 0.05) is 37.5 Å². The molecule has 1 aromatic heterocycles. The number of anilines is 1. The number of amides is 2. The number of hydrogen-bond acceptors (Lipinski definition) is 5. The van der Waals surface area contributed by atoms with Crippen molar-refractivity contribution in [3.8, 4) is 0 Å². The third-order valence-corrected chi connectivity index (χ3v) is 5.35. The molecule has 0 spiro atoms. The van der Waals surface area contributed by atoms with Gasteiger partial charge >= 0.3 is 0 Å². The highest BCUT2D eigenvalue weighted by Gasteiger charge is 2.27. The monoisotopic (exact) mass is 336 g/mol. The van der Waals surface area contributed by atoms with Gasteiger partial charge in [-0.1, -0.05) is 6.92 Å². The maximum Gasteiger partial charge on any atom is 0.228 e. The molecule has 0 bridgehead atoms. The minimum atomic E-state index is 0.141. The summed E-state index contributed by atoms with van der Waals surface area (Å²) in [5.74, 6) is 0.284. The molecule has 0 aromatic carbocycles. The zero-order valence-corrected chi connectivity index (χ0v) is 14.4. The Bertz CT molecular complexity index is 568. The zero-order chi connectivity index (χ0) is 16.2. The van der Waals surface area contributed by atoms with Crippen molar-refractivity contribution in [2.45, 2.75) is 45.1 Å². The van der Waals surface area contributed by atoms with E-state index in [-0.39, 0.29) is 11.8 Å². The molecule has 2 saturated heterocycles. The van der Waals surface area contributed by atoms with Crippen LogP contribution in [0.15, 0.2) is 5.38 Å². The molecule has 2 amide bonds. The molecule has 0 aliphatic carbocycles. The quantitative estimate of drug-likeness (QED) is 0.853. The molecule has 1 aromatic rings. The van der Waals surface area contributed by atoms with Crippen molar-refractivity contribution in [2.75, 3.05) is 31.1 Å². The Balaban J connectivity index is 1.64. The van der Waals surface area contributed by atoms with Crippen LogP contribution in [0.1, 0.15) is 38.3 Å². The van der Waals surface area contributed by atoms with Crippen molar-refractivity contribution in [3.63, 3.8) is 0 Å². The van der Waals surface area contributed by atoms with Crippen LogP contribution in [0.25, 0.3) is 0 Å². The largest absolute Gasteiger partial charge is 0.338 e. The molecule has 3 heterocycles. The smallest absolute Gasteiger partial charge is 0.228 e. The lowest BCUT2D eigenvalue weighted by Gasteiger charge is -2.28. The van der Waals surface area contributed by atoms with Crippen LogP contribution in [0.4, 0.5) is 5.13 Å². The van der Waals surface area contributed by atoms with Crippen molar-refractivity contribution in [1.82, 2.24) is 15.2 Å². The average Bonchev–Trinajstić information content (AvgIpc) is 3.25. The third-order valence-electron chi connectivity index (χ3n) is 4.44. The Labute approximate surface area is 140 Å². The van der Waals surface area contributed by atoms with Crippen LogP contribution in [0, 0.1) is 0 Å². The van der Waals surface area contributed by atoms with Crippen LogP contribution in [0.5, 0.6) is 0 Å². The molecule has 2 aliphatic rings. The fourth-order valence-electron chi connectivity index (χ4n) is 3.27. The zero-order valence-electron chi connectivity index (χ0n) is 13.6. The van der Waals surface area contributed by atoms with Gasteiger partial charge in [0.15, 0.2) is 5.13 Å². The Kier molecular flexibility index (Phi) is 5.27. The molecule has 1 N–H and O–H groups in total. The van der Waals surface area contributed by atoms with Crippen molar-refractivity contribution in [3.05, 3.63) is 11.1 Å². The fourth-order valence-corrected chi connectivity index (χ4v) is 4.13. The first kappa shape index (κ1) is 16.4. The summed E-state index contributed by atoms with van der Waals surface area (Å²) in [6, 6.07) is 0.306. The van der Waals surface area contributed by atoms with Crippen LogP contribution in [-0.2, 0) is 16.0 Å². The predicted octanol–water partition coefficient (Wildman–Crippen LogP) is 1.41. The molecule has 2 fully saturated rings. The first-order valence-corrected chi connectivity index (χ1v) is 9.32. The Hall–Kier alpha value is -1.47. The van der Waals surface area contributed by atoms with E-state index in [0.717, 1.165) is 56.3 Å². The molecule has 1 atom stereocenters. The highest BCUT2D eigenvalue weighted by molar-refractivity contribution is 7.14. The minimum Gasteiger partial charge on any atom is -0.338 e. The summed E-state index contributed by atoms with van der Waals surface area (Å²) in [6.07, 6.45) is 3.82. The second-order valence-electron chi connectivity index (χ2n) is 6.18. The lowest BCUT2D eigenvalue weighted by molar-refractivity contribution is -0.132. The molecule has 3 rings (SSSR count). The summed E-state index contributed by atoms with van der Waals surface area (Å²) in [6.45, 7) is 5.51. The summed E-state index contributed by atoms with van der Waals surface area (Å²) < 4.78 is 0. The van der Waals surface area contributed by atoms with E-state index in [9.17, 15) is 9.59 Å². The third kappa shape index (κ3) is 3.72. The summed E-state index contributed by atoms with van der Waals surface area (Å²) in [7, 11) is 0. The molecular weight excluding hydrogens is 312 g/mol. The van der Waals surface area contributed by atoms with Gasteiger partial charge in [0.05, 0.1) is 12.1 Å². The first-order valence-electron chi connectivity index (χ1n) is 8.44. The van der Waals surface area contributed by atoms with Gasteiger partial charge in [-0.25, -0.2) is 4.98 Å². The van der Waals surface area contributed by atoms with E-state index in [0.29, 0.717) is 18.9 Å². The number of nitrogens with zero attached hydrogens (tertiary/aromatic N) is 3. The number of nitrogens with one attached hydrogen (secondary N) is 1. The number of carbonyl (C=O) groups excluding carboxylic acids is 2. The van der Waals surface area contributed by atoms with Crippen LogP contribution in [0.3, 0.4) is 0 Å². The van der Waals surface area contributed by atoms with Crippen LogP contribution < -0.4 is 10.2 Å². The van der Waals surface area contributed by atoms with Crippen LogP contribution >= 0.6 is 11.3 Å². The minimum absolute atomic E-state index is 0.141. The fraction of sp³-hybridized carbons (Fsp3) is 0.688. The topological polar surface area (TPSA) is 65.5 Å². The Morgan fingerprint density at radius 1 is 1.57 bits per heavy atom. The standard InChI is InChI=1S/C16H24N4O2S/c1-2-7-19(13-5-6-17-10-13)15(22)9-12-11-23-16(18-12)20-8-3-4-14(20)21/h11,13,17H,2-10H2,1H3. The molecule has 1 unspecified atom stereocenters. The molecule has 23 heavy (non-hydrogen) atoms. The van der Waals surface area contributed by atoms with Crippen molar-refractivity contribution in [2.24, 2.45) is 0 Å². The van der Waals surface area contributed by atoms with Crippen LogP contribution in [-0.4, -0.2) is 53.9 Å². The van der Waals surface area contributed by atoms with E-state index in [2.05, 4.69) is 17.2 Å². The number of aromatic nitrogens is 1. The normalized spacial score (nSPS) is 21.2. The molecule has 0 radical (unpaired) electrons. The number of carbonyl (C=O) groups is 2. The van der Waals surface area contributed by atoms with Crippen molar-refractivity contribution in [1.29, 1.82) is 0 Å². The molecule has 2 aliphatic heterocycles. The molecule has 7 heteroatoms. The second kappa shape index (κ2) is 7.40. The molecule has 126 valence electrons. The van der Waals surface area contributed by atoms with E-state index < -0.39 is 0 Å². The number of thiazole rings is 1. The predicted molar refractivity (Wildman–Crippen MR) is 90.7 cm³/mol. The summed E-state index contributed by atoms with van der Waals surface area (Å²) in [5, 5.41) is 5.97. The van der Waals surface area contributed by atoms with Gasteiger partial charge in [-0.05, 0) is 25.8 Å². The molecular formula is C16H24N4O2S. The van der Waals surface area contributed by atoms with Gasteiger partial charge in [0.25, 0.3) is 0 Å². The van der Waals surface area contributed by atoms with Gasteiger partial charge in [0.2, 0.25) is 11.8 Å².